The molecule has 0 aliphatic heterocycles. The number of pyridine rings is 1. The first-order valence-electron chi connectivity index (χ1n) is 5.90. The van der Waals surface area contributed by atoms with Crippen LogP contribution in [0.5, 0.6) is 0 Å². The summed E-state index contributed by atoms with van der Waals surface area (Å²) in [5.74, 6) is -0.388. The Bertz CT molecular complexity index is 414. The topological polar surface area (TPSA) is 51.5 Å². The Morgan fingerprint density at radius 1 is 1.29 bits per heavy atom. The Balaban J connectivity index is 3.00. The number of aromatic nitrogens is 1. The minimum Gasteiger partial charge on any atom is -0.461 e. The number of esters is 1. The molecule has 0 bridgehead atoms. The molecule has 1 rings (SSSR count). The molecule has 0 saturated carbocycles. The Hall–Kier alpha value is -1.71. The summed E-state index contributed by atoms with van der Waals surface area (Å²) in [7, 11) is 0. The molecule has 0 atom stereocenters. The maximum absolute atomic E-state index is 11.5. The van der Waals surface area contributed by atoms with Gasteiger partial charge in [-0.25, -0.2) is 9.78 Å². The second kappa shape index (κ2) is 6.78. The lowest BCUT2D eigenvalue weighted by Gasteiger charge is -2.05. The molecular formula is C13H18N2O2. The van der Waals surface area contributed by atoms with E-state index in [4.69, 9.17) is 4.74 Å². The molecule has 4 nitrogen and oxygen atoms in total. The van der Waals surface area contributed by atoms with Crippen LogP contribution in [0.1, 0.15) is 43.4 Å². The van der Waals surface area contributed by atoms with Crippen molar-refractivity contribution in [3.05, 3.63) is 29.6 Å². The van der Waals surface area contributed by atoms with Gasteiger partial charge >= 0.3 is 5.97 Å². The van der Waals surface area contributed by atoms with Gasteiger partial charge in [0.05, 0.1) is 18.0 Å². The lowest BCUT2D eigenvalue weighted by Crippen LogP contribution is -2.11. The van der Waals surface area contributed by atoms with Crippen LogP contribution in [0.2, 0.25) is 0 Å². The predicted octanol–water partition coefficient (Wildman–Crippen LogP) is 2.48. The quantitative estimate of drug-likeness (QED) is 0.581. The maximum atomic E-state index is 11.5. The van der Waals surface area contributed by atoms with Crippen molar-refractivity contribution < 1.29 is 9.53 Å². The standard InChI is InChI=1S/C13H18N2O2/c1-4-10(14-5-2)11-8-7-9-12(15-11)13(16)17-6-3/h7-9H,4-6H2,1-3H3/b14-10+. The van der Waals surface area contributed by atoms with E-state index in [0.717, 1.165) is 17.8 Å². The highest BCUT2D eigenvalue weighted by molar-refractivity contribution is 5.99. The fraction of sp³-hybridized carbons (Fsp3) is 0.462. The van der Waals surface area contributed by atoms with Gasteiger partial charge in [0.15, 0.2) is 0 Å². The summed E-state index contributed by atoms with van der Waals surface area (Å²) in [4.78, 5) is 20.2. The van der Waals surface area contributed by atoms with E-state index in [2.05, 4.69) is 9.98 Å². The summed E-state index contributed by atoms with van der Waals surface area (Å²) < 4.78 is 4.91. The summed E-state index contributed by atoms with van der Waals surface area (Å²) in [5, 5.41) is 0. The monoisotopic (exact) mass is 234 g/mol. The zero-order chi connectivity index (χ0) is 12.7. The smallest absolute Gasteiger partial charge is 0.356 e. The molecule has 0 amide bonds. The highest BCUT2D eigenvalue weighted by Crippen LogP contribution is 2.05. The molecule has 4 heteroatoms. The van der Waals surface area contributed by atoms with Gasteiger partial charge < -0.3 is 4.74 Å². The van der Waals surface area contributed by atoms with Crippen LogP contribution in [-0.4, -0.2) is 29.8 Å². The minimum atomic E-state index is -0.388. The Morgan fingerprint density at radius 2 is 2.00 bits per heavy atom. The van der Waals surface area contributed by atoms with Crippen LogP contribution in [0.4, 0.5) is 0 Å². The van der Waals surface area contributed by atoms with Gasteiger partial charge in [0.2, 0.25) is 0 Å². The van der Waals surface area contributed by atoms with Crippen molar-refractivity contribution in [1.29, 1.82) is 0 Å². The number of rotatable bonds is 5. The van der Waals surface area contributed by atoms with Gasteiger partial charge in [-0.05, 0) is 32.4 Å². The molecule has 0 aliphatic rings. The third-order valence-corrected chi connectivity index (χ3v) is 2.21. The van der Waals surface area contributed by atoms with Crippen molar-refractivity contribution in [1.82, 2.24) is 4.98 Å². The minimum absolute atomic E-state index is 0.335. The van der Waals surface area contributed by atoms with Gasteiger partial charge in [-0.3, -0.25) is 4.99 Å². The third-order valence-electron chi connectivity index (χ3n) is 2.21. The van der Waals surface area contributed by atoms with Crippen LogP contribution in [-0.2, 0) is 4.74 Å². The fourth-order valence-electron chi connectivity index (χ4n) is 1.48. The lowest BCUT2D eigenvalue weighted by atomic mass is 10.2. The molecule has 0 spiro atoms. The molecule has 17 heavy (non-hydrogen) atoms. The zero-order valence-corrected chi connectivity index (χ0v) is 10.6. The normalized spacial score (nSPS) is 11.4. The van der Waals surface area contributed by atoms with Gasteiger partial charge in [0.1, 0.15) is 5.69 Å². The number of nitrogens with zero attached hydrogens (tertiary/aromatic N) is 2. The average molecular weight is 234 g/mol. The van der Waals surface area contributed by atoms with Crippen LogP contribution >= 0.6 is 0 Å². The maximum Gasteiger partial charge on any atom is 0.356 e. The molecule has 0 saturated heterocycles. The molecule has 0 N–H and O–H groups in total. The number of carbonyl (C=O) groups excluding carboxylic acids is 1. The van der Waals surface area contributed by atoms with Crippen LogP contribution in [0.15, 0.2) is 23.2 Å². The van der Waals surface area contributed by atoms with Crippen LogP contribution in [0, 0.1) is 0 Å². The molecule has 0 aromatic carbocycles. The number of hydrogen-bond acceptors (Lipinski definition) is 4. The molecule has 1 aromatic rings. The molecule has 92 valence electrons. The fourth-order valence-corrected chi connectivity index (χ4v) is 1.48. The van der Waals surface area contributed by atoms with Crippen LogP contribution < -0.4 is 0 Å². The van der Waals surface area contributed by atoms with Crippen molar-refractivity contribution in [2.24, 2.45) is 4.99 Å². The van der Waals surface area contributed by atoms with Crippen molar-refractivity contribution in [2.45, 2.75) is 27.2 Å². The largest absolute Gasteiger partial charge is 0.461 e. The Kier molecular flexibility index (Phi) is 5.33. The Labute approximate surface area is 102 Å². The van der Waals surface area contributed by atoms with E-state index in [0.29, 0.717) is 18.8 Å². The van der Waals surface area contributed by atoms with Crippen LogP contribution in [0.3, 0.4) is 0 Å². The van der Waals surface area contributed by atoms with Gasteiger partial charge in [-0.15, -0.1) is 0 Å². The highest BCUT2D eigenvalue weighted by Gasteiger charge is 2.10. The number of carbonyl (C=O) groups is 1. The average Bonchev–Trinajstić information content (AvgIpc) is 2.36. The van der Waals surface area contributed by atoms with Gasteiger partial charge in [-0.2, -0.15) is 0 Å². The van der Waals surface area contributed by atoms with Crippen molar-refractivity contribution >= 4 is 11.7 Å². The van der Waals surface area contributed by atoms with Crippen LogP contribution in [0.25, 0.3) is 0 Å². The first-order chi connectivity index (χ1) is 8.22. The molecule has 0 fully saturated rings. The first kappa shape index (κ1) is 13.4. The molecule has 0 aliphatic carbocycles. The predicted molar refractivity (Wildman–Crippen MR) is 67.6 cm³/mol. The summed E-state index contributed by atoms with van der Waals surface area (Å²) in [6.45, 7) is 6.85. The van der Waals surface area contributed by atoms with Crippen molar-refractivity contribution in [3.8, 4) is 0 Å². The summed E-state index contributed by atoms with van der Waals surface area (Å²) in [5.41, 5.74) is 2.00. The Morgan fingerprint density at radius 3 is 2.59 bits per heavy atom. The lowest BCUT2D eigenvalue weighted by molar-refractivity contribution is 0.0519. The third kappa shape index (κ3) is 3.66. The van der Waals surface area contributed by atoms with E-state index in [1.54, 1.807) is 19.1 Å². The second-order valence-corrected chi connectivity index (χ2v) is 3.40. The molecule has 1 aromatic heterocycles. The highest BCUT2D eigenvalue weighted by atomic mass is 16.5. The molecular weight excluding hydrogens is 216 g/mol. The van der Waals surface area contributed by atoms with E-state index in [1.807, 2.05) is 19.9 Å². The van der Waals surface area contributed by atoms with Gasteiger partial charge in [0.25, 0.3) is 0 Å². The van der Waals surface area contributed by atoms with Crippen molar-refractivity contribution in [3.63, 3.8) is 0 Å². The zero-order valence-electron chi connectivity index (χ0n) is 10.6. The first-order valence-corrected chi connectivity index (χ1v) is 5.90. The molecule has 0 radical (unpaired) electrons. The summed E-state index contributed by atoms with van der Waals surface area (Å²) in [6, 6.07) is 5.32. The van der Waals surface area contributed by atoms with E-state index in [1.165, 1.54) is 0 Å². The molecule has 0 unspecified atom stereocenters. The van der Waals surface area contributed by atoms with E-state index in [9.17, 15) is 4.79 Å². The van der Waals surface area contributed by atoms with E-state index >= 15 is 0 Å². The SMILES string of the molecule is CC/N=C(\CC)c1cccc(C(=O)OCC)n1. The summed E-state index contributed by atoms with van der Waals surface area (Å²) in [6.07, 6.45) is 0.799. The van der Waals surface area contributed by atoms with E-state index < -0.39 is 0 Å². The number of hydrogen-bond donors (Lipinski definition) is 0. The summed E-state index contributed by atoms with van der Waals surface area (Å²) >= 11 is 0. The number of aliphatic imine (C=N–C) groups is 1. The van der Waals surface area contributed by atoms with Gasteiger partial charge in [0, 0.05) is 6.54 Å². The van der Waals surface area contributed by atoms with E-state index in [-0.39, 0.29) is 5.97 Å². The van der Waals surface area contributed by atoms with Gasteiger partial charge in [-0.1, -0.05) is 13.0 Å². The second-order valence-electron chi connectivity index (χ2n) is 3.40. The molecule has 1 heterocycles. The number of ether oxygens (including phenoxy) is 1. The van der Waals surface area contributed by atoms with Crippen molar-refractivity contribution in [2.75, 3.05) is 13.2 Å².